The van der Waals surface area contributed by atoms with Gasteiger partial charge in [0.1, 0.15) is 0 Å². The summed E-state index contributed by atoms with van der Waals surface area (Å²) >= 11 is 24.6. The Bertz CT molecular complexity index is 593. The highest BCUT2D eigenvalue weighted by Gasteiger charge is 2.18. The molecule has 0 aromatic heterocycles. The molecule has 0 saturated heterocycles. The molecule has 2 aromatic rings. The van der Waals surface area contributed by atoms with Crippen LogP contribution >= 0.6 is 46.4 Å². The van der Waals surface area contributed by atoms with Crippen LogP contribution in [0.15, 0.2) is 36.4 Å². The molecule has 1 nitrogen and oxygen atoms in total. The number of rotatable bonds is 4. The molecule has 1 atom stereocenters. The van der Waals surface area contributed by atoms with Gasteiger partial charge in [0.25, 0.3) is 0 Å². The average Bonchev–Trinajstić information content (AvgIpc) is 2.39. The smallest absolute Gasteiger partial charge is 0.0468 e. The van der Waals surface area contributed by atoms with E-state index in [4.69, 9.17) is 46.4 Å². The molecule has 0 aliphatic rings. The number of nitrogens with one attached hydrogen (secondary N) is 1. The number of halogens is 4. The van der Waals surface area contributed by atoms with E-state index in [1.54, 1.807) is 6.07 Å². The minimum Gasteiger partial charge on any atom is -0.313 e. The minimum atomic E-state index is -0.0186. The summed E-state index contributed by atoms with van der Waals surface area (Å²) in [4.78, 5) is 0. The van der Waals surface area contributed by atoms with E-state index in [1.807, 2.05) is 37.4 Å². The first kappa shape index (κ1) is 15.9. The first-order chi connectivity index (χ1) is 9.52. The lowest BCUT2D eigenvalue weighted by Gasteiger charge is -2.20. The van der Waals surface area contributed by atoms with Crippen molar-refractivity contribution in [2.45, 2.75) is 12.5 Å². The normalized spacial score (nSPS) is 12.4. The first-order valence-corrected chi connectivity index (χ1v) is 7.59. The molecule has 106 valence electrons. The van der Waals surface area contributed by atoms with Gasteiger partial charge in [-0.25, -0.2) is 0 Å². The van der Waals surface area contributed by atoms with Crippen LogP contribution in [0.25, 0.3) is 0 Å². The van der Waals surface area contributed by atoms with Crippen LogP contribution in [0.2, 0.25) is 20.1 Å². The molecule has 0 aliphatic heterocycles. The molecule has 20 heavy (non-hydrogen) atoms. The van der Waals surface area contributed by atoms with E-state index in [0.29, 0.717) is 26.5 Å². The van der Waals surface area contributed by atoms with Crippen LogP contribution in [-0.4, -0.2) is 7.05 Å². The van der Waals surface area contributed by atoms with Crippen molar-refractivity contribution in [2.75, 3.05) is 7.05 Å². The lowest BCUT2D eigenvalue weighted by molar-refractivity contribution is 0.592. The molecule has 0 saturated carbocycles. The van der Waals surface area contributed by atoms with E-state index < -0.39 is 0 Å². The number of hydrogen-bond donors (Lipinski definition) is 1. The Labute approximate surface area is 138 Å². The Morgan fingerprint density at radius 1 is 0.950 bits per heavy atom. The van der Waals surface area contributed by atoms with Crippen molar-refractivity contribution in [3.05, 3.63) is 67.6 Å². The summed E-state index contributed by atoms with van der Waals surface area (Å²) in [6, 6.07) is 10.9. The number of hydrogen-bond acceptors (Lipinski definition) is 1. The molecule has 0 radical (unpaired) electrons. The fraction of sp³-hybridized carbons (Fsp3) is 0.200. The quantitative estimate of drug-likeness (QED) is 0.735. The molecular formula is C15H13Cl4N. The van der Waals surface area contributed by atoms with E-state index in [9.17, 15) is 0 Å². The van der Waals surface area contributed by atoms with Crippen molar-refractivity contribution in [1.29, 1.82) is 0 Å². The molecule has 0 aliphatic carbocycles. The highest BCUT2D eigenvalue weighted by molar-refractivity contribution is 6.36. The zero-order valence-corrected chi connectivity index (χ0v) is 13.8. The molecule has 2 aromatic carbocycles. The molecule has 5 heteroatoms. The largest absolute Gasteiger partial charge is 0.313 e. The maximum absolute atomic E-state index is 6.26. The van der Waals surface area contributed by atoms with Gasteiger partial charge in [0.15, 0.2) is 0 Å². The van der Waals surface area contributed by atoms with Gasteiger partial charge < -0.3 is 5.32 Å². The maximum Gasteiger partial charge on any atom is 0.0468 e. The Hall–Kier alpha value is -0.440. The second-order valence-electron chi connectivity index (χ2n) is 4.42. The molecule has 0 fully saturated rings. The zero-order valence-electron chi connectivity index (χ0n) is 10.8. The maximum atomic E-state index is 6.26. The van der Waals surface area contributed by atoms with Crippen LogP contribution in [-0.2, 0) is 6.42 Å². The second-order valence-corrected chi connectivity index (χ2v) is 6.07. The van der Waals surface area contributed by atoms with Crippen molar-refractivity contribution in [1.82, 2.24) is 5.32 Å². The van der Waals surface area contributed by atoms with Crippen molar-refractivity contribution in [2.24, 2.45) is 0 Å². The third kappa shape index (κ3) is 3.60. The summed E-state index contributed by atoms with van der Waals surface area (Å²) in [5.41, 5.74) is 1.87. The van der Waals surface area contributed by atoms with Crippen LogP contribution in [0.3, 0.4) is 0 Å². The number of likely N-dealkylation sites (N-methyl/N-ethyl adjacent to an activating group) is 1. The van der Waals surface area contributed by atoms with Gasteiger partial charge in [-0.3, -0.25) is 0 Å². The van der Waals surface area contributed by atoms with Gasteiger partial charge in [-0.05, 0) is 43.3 Å². The fourth-order valence-electron chi connectivity index (χ4n) is 2.10. The number of benzene rings is 2. The Morgan fingerprint density at radius 2 is 1.60 bits per heavy atom. The fourth-order valence-corrected chi connectivity index (χ4v) is 3.25. The molecule has 0 bridgehead atoms. The second kappa shape index (κ2) is 7.02. The molecule has 1 N–H and O–H groups in total. The van der Waals surface area contributed by atoms with Gasteiger partial charge in [-0.1, -0.05) is 58.5 Å². The Balaban J connectivity index is 2.34. The van der Waals surface area contributed by atoms with Gasteiger partial charge in [0.05, 0.1) is 0 Å². The SMILES string of the molecule is CNC(Cc1ccc(Cl)cc1Cl)c1c(Cl)cccc1Cl. The van der Waals surface area contributed by atoms with Crippen LogP contribution in [0.1, 0.15) is 17.2 Å². The average molecular weight is 349 g/mol. The van der Waals surface area contributed by atoms with Crippen molar-refractivity contribution in [3.8, 4) is 0 Å². The highest BCUT2D eigenvalue weighted by atomic mass is 35.5. The predicted molar refractivity (Wildman–Crippen MR) is 88.4 cm³/mol. The Morgan fingerprint density at radius 3 is 2.15 bits per heavy atom. The van der Waals surface area contributed by atoms with E-state index in [1.165, 1.54) is 0 Å². The monoisotopic (exact) mass is 347 g/mol. The summed E-state index contributed by atoms with van der Waals surface area (Å²) in [6.07, 6.45) is 0.677. The van der Waals surface area contributed by atoms with E-state index in [2.05, 4.69) is 5.32 Å². The zero-order chi connectivity index (χ0) is 14.7. The van der Waals surface area contributed by atoms with Crippen LogP contribution < -0.4 is 5.32 Å². The van der Waals surface area contributed by atoms with Gasteiger partial charge in [0.2, 0.25) is 0 Å². The molecule has 2 rings (SSSR count). The van der Waals surface area contributed by atoms with E-state index in [0.717, 1.165) is 11.1 Å². The van der Waals surface area contributed by atoms with Crippen molar-refractivity contribution in [3.63, 3.8) is 0 Å². The van der Waals surface area contributed by atoms with Crippen molar-refractivity contribution < 1.29 is 0 Å². The van der Waals surface area contributed by atoms with E-state index in [-0.39, 0.29) is 6.04 Å². The summed E-state index contributed by atoms with van der Waals surface area (Å²) in [5, 5.41) is 5.77. The summed E-state index contributed by atoms with van der Waals surface area (Å²) in [6.45, 7) is 0. The lowest BCUT2D eigenvalue weighted by Crippen LogP contribution is -2.19. The summed E-state index contributed by atoms with van der Waals surface area (Å²) in [5.74, 6) is 0. The molecular weight excluding hydrogens is 336 g/mol. The summed E-state index contributed by atoms with van der Waals surface area (Å²) in [7, 11) is 1.87. The predicted octanol–water partition coefficient (Wildman–Crippen LogP) is 5.80. The topological polar surface area (TPSA) is 12.0 Å². The first-order valence-electron chi connectivity index (χ1n) is 6.08. The summed E-state index contributed by atoms with van der Waals surface area (Å²) < 4.78 is 0. The molecule has 0 spiro atoms. The standard InChI is InChI=1S/C15H13Cl4N/c1-20-14(15-11(17)3-2-4-12(15)18)7-9-5-6-10(16)8-13(9)19/h2-6,8,14,20H,7H2,1H3. The van der Waals surface area contributed by atoms with Crippen LogP contribution in [0.4, 0.5) is 0 Å². The van der Waals surface area contributed by atoms with Gasteiger partial charge in [-0.2, -0.15) is 0 Å². The van der Waals surface area contributed by atoms with Crippen LogP contribution in [0, 0.1) is 0 Å². The van der Waals surface area contributed by atoms with Gasteiger partial charge in [-0.15, -0.1) is 0 Å². The van der Waals surface area contributed by atoms with Crippen LogP contribution in [0.5, 0.6) is 0 Å². The Kier molecular flexibility index (Phi) is 5.59. The highest BCUT2D eigenvalue weighted by Crippen LogP contribution is 2.33. The van der Waals surface area contributed by atoms with Crippen molar-refractivity contribution >= 4 is 46.4 Å². The van der Waals surface area contributed by atoms with Gasteiger partial charge in [0, 0.05) is 31.7 Å². The molecule has 1 unspecified atom stereocenters. The lowest BCUT2D eigenvalue weighted by atomic mass is 9.99. The minimum absolute atomic E-state index is 0.0186. The third-order valence-corrected chi connectivity index (χ3v) is 4.38. The third-order valence-electron chi connectivity index (χ3n) is 3.14. The molecule has 0 amide bonds. The van der Waals surface area contributed by atoms with E-state index >= 15 is 0 Å². The van der Waals surface area contributed by atoms with Gasteiger partial charge >= 0.3 is 0 Å². The molecule has 0 heterocycles.